The Kier molecular flexibility index (Phi) is 5.34. The highest BCUT2D eigenvalue weighted by Gasteiger charge is 2.17. The van der Waals surface area contributed by atoms with Crippen molar-refractivity contribution in [2.45, 2.75) is 19.4 Å². The Morgan fingerprint density at radius 2 is 2.15 bits per heavy atom. The van der Waals surface area contributed by atoms with E-state index in [1.807, 2.05) is 0 Å². The van der Waals surface area contributed by atoms with Crippen LogP contribution in [0.25, 0.3) is 0 Å². The third kappa shape index (κ3) is 4.16. The molecule has 1 aliphatic heterocycles. The molecule has 1 aromatic carbocycles. The topological polar surface area (TPSA) is 58.4 Å². The zero-order valence-electron chi connectivity index (χ0n) is 11.6. The maximum absolute atomic E-state index is 11.0. The summed E-state index contributed by atoms with van der Waals surface area (Å²) in [7, 11) is 2.14. The number of rotatable bonds is 5. The monoisotopic (exact) mass is 297 g/mol. The molecule has 0 amide bonds. The van der Waals surface area contributed by atoms with Crippen LogP contribution in [0.2, 0.25) is 5.02 Å². The van der Waals surface area contributed by atoms with Gasteiger partial charge in [-0.1, -0.05) is 11.6 Å². The third-order valence-electron chi connectivity index (χ3n) is 3.83. The van der Waals surface area contributed by atoms with Crippen molar-refractivity contribution in [2.75, 3.05) is 26.7 Å². The molecule has 0 radical (unpaired) electrons. The van der Waals surface area contributed by atoms with Gasteiger partial charge in [0.05, 0.1) is 4.92 Å². The van der Waals surface area contributed by atoms with Gasteiger partial charge < -0.3 is 10.2 Å². The molecule has 1 saturated heterocycles. The summed E-state index contributed by atoms with van der Waals surface area (Å²) in [5, 5.41) is 14.7. The molecule has 0 aliphatic carbocycles. The number of hydrogen-bond donors (Lipinski definition) is 1. The number of hydrogen-bond acceptors (Lipinski definition) is 4. The van der Waals surface area contributed by atoms with Crippen LogP contribution in [-0.4, -0.2) is 36.5 Å². The molecule has 1 fully saturated rings. The Labute approximate surface area is 124 Å². The molecule has 5 nitrogen and oxygen atoms in total. The van der Waals surface area contributed by atoms with Crippen molar-refractivity contribution in [3.8, 4) is 0 Å². The van der Waals surface area contributed by atoms with E-state index in [9.17, 15) is 10.1 Å². The number of nitro groups is 1. The number of nitrogens with zero attached hydrogens (tertiary/aromatic N) is 2. The number of piperidine rings is 1. The van der Waals surface area contributed by atoms with Gasteiger partial charge in [-0.15, -0.1) is 0 Å². The zero-order valence-corrected chi connectivity index (χ0v) is 12.4. The van der Waals surface area contributed by atoms with Gasteiger partial charge in [0.1, 0.15) is 0 Å². The minimum atomic E-state index is -0.377. The number of nitrogens with one attached hydrogen (secondary N) is 1. The van der Waals surface area contributed by atoms with Crippen LogP contribution >= 0.6 is 11.6 Å². The summed E-state index contributed by atoms with van der Waals surface area (Å²) in [4.78, 5) is 12.9. The van der Waals surface area contributed by atoms with E-state index in [4.69, 9.17) is 11.6 Å². The van der Waals surface area contributed by atoms with Crippen molar-refractivity contribution in [3.05, 3.63) is 38.9 Å². The summed E-state index contributed by atoms with van der Waals surface area (Å²) in [6.45, 7) is 3.69. The Bertz CT molecular complexity index is 473. The molecular weight excluding hydrogens is 278 g/mol. The van der Waals surface area contributed by atoms with Gasteiger partial charge in [-0.2, -0.15) is 0 Å². The lowest BCUT2D eigenvalue weighted by Gasteiger charge is -2.29. The second-order valence-corrected chi connectivity index (χ2v) is 5.84. The van der Waals surface area contributed by atoms with Crippen molar-refractivity contribution in [2.24, 2.45) is 5.92 Å². The molecule has 110 valence electrons. The summed E-state index contributed by atoms with van der Waals surface area (Å²) >= 11 is 5.80. The van der Waals surface area contributed by atoms with Gasteiger partial charge in [0.15, 0.2) is 0 Å². The average molecular weight is 298 g/mol. The van der Waals surface area contributed by atoms with E-state index in [2.05, 4.69) is 17.3 Å². The van der Waals surface area contributed by atoms with Gasteiger partial charge in [-0.25, -0.2) is 0 Å². The molecular formula is C14H20ClN3O2. The maximum Gasteiger partial charge on any atom is 0.275 e. The second kappa shape index (κ2) is 7.02. The summed E-state index contributed by atoms with van der Waals surface area (Å²) in [5.41, 5.74) is 0.778. The first-order valence-electron chi connectivity index (χ1n) is 6.88. The first kappa shape index (κ1) is 15.2. The van der Waals surface area contributed by atoms with Gasteiger partial charge in [0.2, 0.25) is 0 Å². The predicted octanol–water partition coefficient (Wildman–Crippen LogP) is 2.68. The van der Waals surface area contributed by atoms with Crippen LogP contribution in [0.1, 0.15) is 18.4 Å². The molecule has 1 N–H and O–H groups in total. The Morgan fingerprint density at radius 3 is 2.80 bits per heavy atom. The molecule has 6 heteroatoms. The first-order valence-corrected chi connectivity index (χ1v) is 7.26. The Balaban J connectivity index is 1.86. The van der Waals surface area contributed by atoms with Crippen LogP contribution in [-0.2, 0) is 6.54 Å². The van der Waals surface area contributed by atoms with E-state index >= 15 is 0 Å². The van der Waals surface area contributed by atoms with E-state index in [-0.39, 0.29) is 10.6 Å². The van der Waals surface area contributed by atoms with Crippen molar-refractivity contribution >= 4 is 17.3 Å². The first-order chi connectivity index (χ1) is 9.56. The van der Waals surface area contributed by atoms with Crippen molar-refractivity contribution in [1.29, 1.82) is 0 Å². The summed E-state index contributed by atoms with van der Waals surface area (Å²) < 4.78 is 0. The molecule has 1 aromatic rings. The maximum atomic E-state index is 11.0. The molecule has 20 heavy (non-hydrogen) atoms. The van der Waals surface area contributed by atoms with E-state index < -0.39 is 0 Å². The van der Waals surface area contributed by atoms with E-state index in [1.54, 1.807) is 12.1 Å². The van der Waals surface area contributed by atoms with Crippen LogP contribution < -0.4 is 5.32 Å². The molecule has 0 spiro atoms. The highest BCUT2D eigenvalue weighted by atomic mass is 35.5. The van der Waals surface area contributed by atoms with Crippen LogP contribution in [0.15, 0.2) is 18.2 Å². The van der Waals surface area contributed by atoms with E-state index in [0.717, 1.165) is 19.6 Å². The number of benzene rings is 1. The number of likely N-dealkylation sites (tertiary alicyclic amines) is 1. The fraction of sp³-hybridized carbons (Fsp3) is 0.571. The van der Waals surface area contributed by atoms with E-state index in [1.165, 1.54) is 18.9 Å². The number of halogens is 1. The molecule has 0 atom stereocenters. The Hall–Kier alpha value is -1.17. The molecule has 1 aliphatic rings. The largest absolute Gasteiger partial charge is 0.312 e. The smallest absolute Gasteiger partial charge is 0.275 e. The summed E-state index contributed by atoms with van der Waals surface area (Å²) in [5.74, 6) is 0.664. The summed E-state index contributed by atoms with van der Waals surface area (Å²) in [6.07, 6.45) is 2.37. The van der Waals surface area contributed by atoms with Crippen molar-refractivity contribution < 1.29 is 4.92 Å². The van der Waals surface area contributed by atoms with Gasteiger partial charge in [-0.05, 0) is 57.6 Å². The van der Waals surface area contributed by atoms with Crippen molar-refractivity contribution in [1.82, 2.24) is 10.2 Å². The van der Waals surface area contributed by atoms with Gasteiger partial charge in [0.25, 0.3) is 5.69 Å². The molecule has 2 rings (SSSR count). The quantitative estimate of drug-likeness (QED) is 0.670. The highest BCUT2D eigenvalue weighted by molar-refractivity contribution is 6.30. The van der Waals surface area contributed by atoms with Gasteiger partial charge in [-0.3, -0.25) is 10.1 Å². The molecule has 0 bridgehead atoms. The minimum Gasteiger partial charge on any atom is -0.312 e. The van der Waals surface area contributed by atoms with Crippen LogP contribution in [0.3, 0.4) is 0 Å². The standard InChI is InChI=1S/C14H20ClN3O2/c1-17-6-4-11(5-7-17)9-16-10-12-2-3-13(15)8-14(12)18(19)20/h2-3,8,11,16H,4-7,9-10H2,1H3. The SMILES string of the molecule is CN1CCC(CNCc2ccc(Cl)cc2[N+](=O)[O-])CC1. The normalized spacial score (nSPS) is 17.3. The minimum absolute atomic E-state index is 0.0911. The van der Waals surface area contributed by atoms with Crippen molar-refractivity contribution in [3.63, 3.8) is 0 Å². The molecule has 0 unspecified atom stereocenters. The second-order valence-electron chi connectivity index (χ2n) is 5.41. The average Bonchev–Trinajstić information content (AvgIpc) is 2.42. The number of nitro benzene ring substituents is 1. The summed E-state index contributed by atoms with van der Waals surface area (Å²) in [6, 6.07) is 4.83. The van der Waals surface area contributed by atoms with Gasteiger partial charge >= 0.3 is 0 Å². The fourth-order valence-electron chi connectivity index (χ4n) is 2.53. The lowest BCUT2D eigenvalue weighted by molar-refractivity contribution is -0.385. The Morgan fingerprint density at radius 1 is 1.45 bits per heavy atom. The van der Waals surface area contributed by atoms with E-state index in [0.29, 0.717) is 23.0 Å². The lowest BCUT2D eigenvalue weighted by Crippen LogP contribution is -2.34. The zero-order chi connectivity index (χ0) is 14.5. The lowest BCUT2D eigenvalue weighted by atomic mass is 9.97. The van der Waals surface area contributed by atoms with Crippen LogP contribution in [0.4, 0.5) is 5.69 Å². The molecule has 0 aromatic heterocycles. The third-order valence-corrected chi connectivity index (χ3v) is 4.07. The predicted molar refractivity (Wildman–Crippen MR) is 80.0 cm³/mol. The fourth-order valence-corrected chi connectivity index (χ4v) is 2.70. The highest BCUT2D eigenvalue weighted by Crippen LogP contribution is 2.23. The molecule has 1 heterocycles. The van der Waals surface area contributed by atoms with Crippen LogP contribution in [0, 0.1) is 16.0 Å². The van der Waals surface area contributed by atoms with Gasteiger partial charge in [0, 0.05) is 23.2 Å². The molecule has 0 saturated carbocycles. The van der Waals surface area contributed by atoms with Crippen LogP contribution in [0.5, 0.6) is 0 Å².